The van der Waals surface area contributed by atoms with Gasteiger partial charge in [-0.25, -0.2) is 9.37 Å². The first-order chi connectivity index (χ1) is 9.58. The third-order valence-electron chi connectivity index (χ3n) is 3.10. The van der Waals surface area contributed by atoms with E-state index >= 15 is 0 Å². The predicted octanol–water partition coefficient (Wildman–Crippen LogP) is 4.06. The molecule has 0 aliphatic heterocycles. The third-order valence-corrected chi connectivity index (χ3v) is 4.18. The van der Waals surface area contributed by atoms with E-state index in [1.54, 1.807) is 12.1 Å². The SMILES string of the molecule is CCN(c1nc(C(C)C)c(CO)s1)c1ccccc1F. The van der Waals surface area contributed by atoms with Crippen LogP contribution >= 0.6 is 11.3 Å². The standard InChI is InChI=1S/C15H19FN2OS/c1-4-18(12-8-6-5-7-11(12)16)15-17-14(10(2)3)13(9-19)20-15/h5-8,10,19H,4,9H2,1-3H3. The van der Waals surface area contributed by atoms with Crippen molar-refractivity contribution < 1.29 is 9.50 Å². The van der Waals surface area contributed by atoms with Crippen LogP contribution in [0.3, 0.4) is 0 Å². The summed E-state index contributed by atoms with van der Waals surface area (Å²) in [6.45, 7) is 6.63. The van der Waals surface area contributed by atoms with Gasteiger partial charge in [0.1, 0.15) is 5.82 Å². The highest BCUT2D eigenvalue weighted by Crippen LogP contribution is 2.35. The molecule has 5 heteroatoms. The molecule has 0 unspecified atom stereocenters. The summed E-state index contributed by atoms with van der Waals surface area (Å²) >= 11 is 1.42. The molecular formula is C15H19FN2OS. The fraction of sp³-hybridized carbons (Fsp3) is 0.400. The summed E-state index contributed by atoms with van der Waals surface area (Å²) in [5.41, 5.74) is 1.41. The van der Waals surface area contributed by atoms with Gasteiger partial charge in [0, 0.05) is 6.54 Å². The largest absolute Gasteiger partial charge is 0.391 e. The highest BCUT2D eigenvalue weighted by molar-refractivity contribution is 7.15. The minimum atomic E-state index is -0.263. The van der Waals surface area contributed by atoms with E-state index in [0.29, 0.717) is 12.2 Å². The number of thiazole rings is 1. The summed E-state index contributed by atoms with van der Waals surface area (Å²) in [4.78, 5) is 7.28. The molecule has 3 nitrogen and oxygen atoms in total. The Morgan fingerprint density at radius 1 is 1.35 bits per heavy atom. The average Bonchev–Trinajstić information content (AvgIpc) is 2.86. The van der Waals surface area contributed by atoms with Crippen molar-refractivity contribution in [2.75, 3.05) is 11.4 Å². The van der Waals surface area contributed by atoms with E-state index in [0.717, 1.165) is 15.7 Å². The van der Waals surface area contributed by atoms with E-state index in [2.05, 4.69) is 4.98 Å². The number of rotatable bonds is 5. The smallest absolute Gasteiger partial charge is 0.190 e. The van der Waals surface area contributed by atoms with Gasteiger partial charge in [-0.05, 0) is 25.0 Å². The number of hydrogen-bond acceptors (Lipinski definition) is 4. The predicted molar refractivity (Wildman–Crippen MR) is 81.2 cm³/mol. The number of halogens is 1. The van der Waals surface area contributed by atoms with Gasteiger partial charge < -0.3 is 10.0 Å². The highest BCUT2D eigenvalue weighted by atomic mass is 32.1. The van der Waals surface area contributed by atoms with E-state index in [9.17, 15) is 9.50 Å². The molecule has 0 spiro atoms. The van der Waals surface area contributed by atoms with Gasteiger partial charge >= 0.3 is 0 Å². The molecule has 0 aliphatic rings. The van der Waals surface area contributed by atoms with Gasteiger partial charge in [0.05, 0.1) is 22.9 Å². The van der Waals surface area contributed by atoms with Crippen LogP contribution in [-0.4, -0.2) is 16.6 Å². The van der Waals surface area contributed by atoms with Crippen LogP contribution in [0.25, 0.3) is 0 Å². The molecule has 1 heterocycles. The number of aromatic nitrogens is 1. The molecular weight excluding hydrogens is 275 g/mol. The molecule has 1 aromatic carbocycles. The van der Waals surface area contributed by atoms with E-state index in [-0.39, 0.29) is 18.3 Å². The normalized spacial score (nSPS) is 11.1. The number of nitrogens with zero attached hydrogens (tertiary/aromatic N) is 2. The van der Waals surface area contributed by atoms with E-state index in [1.807, 2.05) is 31.7 Å². The van der Waals surface area contributed by atoms with E-state index in [4.69, 9.17) is 0 Å². The summed E-state index contributed by atoms with van der Waals surface area (Å²) in [5.74, 6) is -0.0253. The Kier molecular flexibility index (Phi) is 4.73. The lowest BCUT2D eigenvalue weighted by Gasteiger charge is -2.20. The van der Waals surface area contributed by atoms with Crippen LogP contribution in [0.15, 0.2) is 24.3 Å². The van der Waals surface area contributed by atoms with Crippen molar-refractivity contribution in [2.24, 2.45) is 0 Å². The minimum Gasteiger partial charge on any atom is -0.391 e. The van der Waals surface area contributed by atoms with Crippen molar-refractivity contribution in [3.05, 3.63) is 40.7 Å². The number of anilines is 2. The number of benzene rings is 1. The molecule has 0 aliphatic carbocycles. The van der Waals surface area contributed by atoms with Gasteiger partial charge in [0.2, 0.25) is 0 Å². The summed E-state index contributed by atoms with van der Waals surface area (Å²) in [6.07, 6.45) is 0. The Balaban J connectivity index is 2.45. The minimum absolute atomic E-state index is 0.0278. The van der Waals surface area contributed by atoms with Gasteiger partial charge in [-0.1, -0.05) is 37.3 Å². The first-order valence-corrected chi connectivity index (χ1v) is 7.52. The first kappa shape index (κ1) is 14.9. The van der Waals surface area contributed by atoms with Crippen molar-refractivity contribution in [3.8, 4) is 0 Å². The second-order valence-electron chi connectivity index (χ2n) is 4.81. The molecule has 0 saturated heterocycles. The number of aliphatic hydroxyl groups is 1. The highest BCUT2D eigenvalue weighted by Gasteiger charge is 2.19. The molecule has 0 fully saturated rings. The Morgan fingerprint density at radius 3 is 2.55 bits per heavy atom. The third kappa shape index (κ3) is 2.83. The van der Waals surface area contributed by atoms with Crippen LogP contribution < -0.4 is 4.90 Å². The first-order valence-electron chi connectivity index (χ1n) is 6.71. The zero-order valence-electron chi connectivity index (χ0n) is 11.9. The number of aliphatic hydroxyl groups excluding tert-OH is 1. The molecule has 20 heavy (non-hydrogen) atoms. The second-order valence-corrected chi connectivity index (χ2v) is 5.88. The quantitative estimate of drug-likeness (QED) is 0.903. The summed E-state index contributed by atoms with van der Waals surface area (Å²) in [7, 11) is 0. The van der Waals surface area contributed by atoms with Crippen LogP contribution in [0.4, 0.5) is 15.2 Å². The summed E-state index contributed by atoms with van der Waals surface area (Å²) < 4.78 is 13.9. The van der Waals surface area contributed by atoms with E-state index < -0.39 is 0 Å². The zero-order chi connectivity index (χ0) is 14.7. The van der Waals surface area contributed by atoms with Gasteiger partial charge in [-0.2, -0.15) is 0 Å². The second kappa shape index (κ2) is 6.33. The number of para-hydroxylation sites is 1. The molecule has 0 radical (unpaired) electrons. The Morgan fingerprint density at radius 2 is 2.05 bits per heavy atom. The van der Waals surface area contributed by atoms with Crippen molar-refractivity contribution in [3.63, 3.8) is 0 Å². The maximum Gasteiger partial charge on any atom is 0.190 e. The van der Waals surface area contributed by atoms with Crippen LogP contribution in [-0.2, 0) is 6.61 Å². The van der Waals surface area contributed by atoms with Crippen LogP contribution in [0.2, 0.25) is 0 Å². The molecule has 0 atom stereocenters. The van der Waals surface area contributed by atoms with Crippen molar-refractivity contribution in [2.45, 2.75) is 33.3 Å². The monoisotopic (exact) mass is 294 g/mol. The zero-order valence-corrected chi connectivity index (χ0v) is 12.7. The van der Waals surface area contributed by atoms with Crippen LogP contribution in [0, 0.1) is 5.82 Å². The molecule has 1 aromatic heterocycles. The molecule has 2 aromatic rings. The Labute approximate surface area is 122 Å². The topological polar surface area (TPSA) is 36.4 Å². The van der Waals surface area contributed by atoms with Crippen LogP contribution in [0.5, 0.6) is 0 Å². The van der Waals surface area contributed by atoms with Crippen molar-refractivity contribution in [1.82, 2.24) is 4.98 Å². The Bertz CT molecular complexity index is 583. The molecule has 108 valence electrons. The maximum atomic E-state index is 13.9. The Hall–Kier alpha value is -1.46. The maximum absolute atomic E-state index is 13.9. The lowest BCUT2D eigenvalue weighted by molar-refractivity contribution is 0.283. The van der Waals surface area contributed by atoms with Crippen LogP contribution in [0.1, 0.15) is 37.3 Å². The fourth-order valence-corrected chi connectivity index (χ4v) is 3.26. The fourth-order valence-electron chi connectivity index (χ4n) is 2.11. The van der Waals surface area contributed by atoms with E-state index in [1.165, 1.54) is 17.4 Å². The van der Waals surface area contributed by atoms with Gasteiger partial charge in [-0.3, -0.25) is 0 Å². The van der Waals surface area contributed by atoms with Crippen molar-refractivity contribution in [1.29, 1.82) is 0 Å². The number of hydrogen-bond donors (Lipinski definition) is 1. The van der Waals surface area contributed by atoms with Gasteiger partial charge in [0.25, 0.3) is 0 Å². The molecule has 0 saturated carbocycles. The van der Waals surface area contributed by atoms with Gasteiger partial charge in [0.15, 0.2) is 5.13 Å². The lowest BCUT2D eigenvalue weighted by Crippen LogP contribution is -2.17. The molecule has 1 N–H and O–H groups in total. The van der Waals surface area contributed by atoms with Gasteiger partial charge in [-0.15, -0.1) is 0 Å². The molecule has 0 bridgehead atoms. The average molecular weight is 294 g/mol. The molecule has 2 rings (SSSR count). The summed E-state index contributed by atoms with van der Waals surface area (Å²) in [5, 5.41) is 10.2. The summed E-state index contributed by atoms with van der Waals surface area (Å²) in [6, 6.07) is 6.67. The lowest BCUT2D eigenvalue weighted by atomic mass is 10.1. The molecule has 0 amide bonds. The van der Waals surface area contributed by atoms with Crippen molar-refractivity contribution >= 4 is 22.2 Å².